The van der Waals surface area contributed by atoms with Crippen molar-refractivity contribution in [1.82, 2.24) is 4.98 Å². The Hall–Kier alpha value is -1.11. The number of rotatable bonds is 0. The van der Waals surface area contributed by atoms with Gasteiger partial charge in [-0.2, -0.15) is 0 Å². The van der Waals surface area contributed by atoms with E-state index in [1.165, 1.54) is 5.56 Å². The van der Waals surface area contributed by atoms with Gasteiger partial charge >= 0.3 is 0 Å². The van der Waals surface area contributed by atoms with E-state index in [1.54, 1.807) is 0 Å². The molecule has 0 fully saturated rings. The molecule has 0 N–H and O–H groups in total. The molecule has 1 aromatic heterocycles. The molecular formula is C10H11N. The number of allylic oxidation sites excluding steroid dienone is 1. The molecule has 0 spiro atoms. The van der Waals surface area contributed by atoms with Crippen molar-refractivity contribution in [3.8, 4) is 0 Å². The van der Waals surface area contributed by atoms with Gasteiger partial charge in [0.15, 0.2) is 0 Å². The van der Waals surface area contributed by atoms with Gasteiger partial charge in [-0.3, -0.25) is 4.98 Å². The zero-order valence-electron chi connectivity index (χ0n) is 6.62. The largest absolute Gasteiger partial charge is 0.257 e. The van der Waals surface area contributed by atoms with Crippen LogP contribution in [0.1, 0.15) is 30.5 Å². The lowest BCUT2D eigenvalue weighted by atomic mass is 9.92. The summed E-state index contributed by atoms with van der Waals surface area (Å²) in [5, 5.41) is 0. The fourth-order valence-corrected chi connectivity index (χ4v) is 1.50. The molecule has 0 aliphatic heterocycles. The molecule has 1 aliphatic carbocycles. The van der Waals surface area contributed by atoms with Crippen LogP contribution in [0.2, 0.25) is 0 Å². The fourth-order valence-electron chi connectivity index (χ4n) is 1.50. The number of pyridine rings is 1. The van der Waals surface area contributed by atoms with Crippen molar-refractivity contribution in [2.45, 2.75) is 19.3 Å². The van der Waals surface area contributed by atoms with E-state index in [9.17, 15) is 0 Å². The molecule has 11 heavy (non-hydrogen) atoms. The highest BCUT2D eigenvalue weighted by molar-refractivity contribution is 5.53. The zero-order chi connectivity index (χ0) is 7.68. The lowest BCUT2D eigenvalue weighted by Gasteiger charge is -2.15. The van der Waals surface area contributed by atoms with Crippen molar-refractivity contribution in [3.63, 3.8) is 0 Å². The highest BCUT2D eigenvalue weighted by Crippen LogP contribution is 2.26. The Kier molecular flexibility index (Phi) is 1.50. The Morgan fingerprint density at radius 1 is 1.55 bits per heavy atom. The van der Waals surface area contributed by atoms with Gasteiger partial charge in [0.1, 0.15) is 0 Å². The number of nitrogens with zero attached hydrogens (tertiary/aromatic N) is 1. The van der Waals surface area contributed by atoms with Crippen molar-refractivity contribution in [2.24, 2.45) is 0 Å². The van der Waals surface area contributed by atoms with Gasteiger partial charge in [0.25, 0.3) is 0 Å². The summed E-state index contributed by atoms with van der Waals surface area (Å²) in [6, 6.07) is 4.17. The maximum absolute atomic E-state index is 4.28. The van der Waals surface area contributed by atoms with Crippen molar-refractivity contribution in [2.75, 3.05) is 0 Å². The summed E-state index contributed by atoms with van der Waals surface area (Å²) in [5.41, 5.74) is 2.53. The minimum absolute atomic E-state index is 0.642. The normalized spacial score (nSPS) is 21.4. The lowest BCUT2D eigenvalue weighted by molar-refractivity contribution is 0.764. The summed E-state index contributed by atoms with van der Waals surface area (Å²) in [6.45, 7) is 2.24. The Morgan fingerprint density at radius 3 is 3.27 bits per heavy atom. The number of hydrogen-bond donors (Lipinski definition) is 0. The SMILES string of the molecule is CC1CC=Cc2ncccc21. The molecule has 0 radical (unpaired) electrons. The molecule has 1 nitrogen and oxygen atoms in total. The summed E-state index contributed by atoms with van der Waals surface area (Å²) in [7, 11) is 0. The van der Waals surface area contributed by atoms with Gasteiger partial charge in [0.05, 0.1) is 5.69 Å². The Bertz CT molecular complexity index is 289. The summed E-state index contributed by atoms with van der Waals surface area (Å²) in [5.74, 6) is 0.642. The third kappa shape index (κ3) is 1.07. The number of fused-ring (bicyclic) bond motifs is 1. The van der Waals surface area contributed by atoms with E-state index in [-0.39, 0.29) is 0 Å². The van der Waals surface area contributed by atoms with Crippen molar-refractivity contribution < 1.29 is 0 Å². The number of hydrogen-bond acceptors (Lipinski definition) is 1. The summed E-state index contributed by atoms with van der Waals surface area (Å²) in [6.07, 6.45) is 7.30. The molecule has 0 amide bonds. The van der Waals surface area contributed by atoms with Gasteiger partial charge in [-0.1, -0.05) is 19.1 Å². The predicted octanol–water partition coefficient (Wildman–Crippen LogP) is 2.60. The Labute approximate surface area is 66.8 Å². The first kappa shape index (κ1) is 6.59. The van der Waals surface area contributed by atoms with Crippen molar-refractivity contribution in [1.29, 1.82) is 0 Å². The summed E-state index contributed by atoms with van der Waals surface area (Å²) >= 11 is 0. The first-order valence-electron chi connectivity index (χ1n) is 3.99. The van der Waals surface area contributed by atoms with Crippen LogP contribution in [0.15, 0.2) is 24.4 Å². The van der Waals surface area contributed by atoms with E-state index in [4.69, 9.17) is 0 Å². The molecule has 2 rings (SSSR count). The second-order valence-corrected chi connectivity index (χ2v) is 3.02. The molecular weight excluding hydrogens is 134 g/mol. The van der Waals surface area contributed by atoms with E-state index >= 15 is 0 Å². The Balaban J connectivity index is 2.54. The van der Waals surface area contributed by atoms with Crippen LogP contribution in [0.25, 0.3) is 6.08 Å². The molecule has 1 aromatic rings. The standard InChI is InChI=1S/C10H11N/c1-8-4-2-6-10-9(8)5-3-7-11-10/h2-3,5-8H,4H2,1H3. The quantitative estimate of drug-likeness (QED) is 0.546. The van der Waals surface area contributed by atoms with Gasteiger partial charge in [0, 0.05) is 6.20 Å². The summed E-state index contributed by atoms with van der Waals surface area (Å²) < 4.78 is 0. The van der Waals surface area contributed by atoms with Crippen LogP contribution in [-0.2, 0) is 0 Å². The van der Waals surface area contributed by atoms with Crippen molar-refractivity contribution in [3.05, 3.63) is 35.7 Å². The van der Waals surface area contributed by atoms with Crippen LogP contribution in [-0.4, -0.2) is 4.98 Å². The Morgan fingerprint density at radius 2 is 2.45 bits per heavy atom. The zero-order valence-corrected chi connectivity index (χ0v) is 6.62. The smallest absolute Gasteiger partial charge is 0.0661 e. The molecule has 0 bridgehead atoms. The van der Waals surface area contributed by atoms with Crippen LogP contribution >= 0.6 is 0 Å². The van der Waals surface area contributed by atoms with E-state index in [1.807, 2.05) is 12.3 Å². The maximum atomic E-state index is 4.28. The molecule has 56 valence electrons. The third-order valence-corrected chi connectivity index (χ3v) is 2.17. The van der Waals surface area contributed by atoms with Gasteiger partial charge in [0.2, 0.25) is 0 Å². The second-order valence-electron chi connectivity index (χ2n) is 3.02. The minimum atomic E-state index is 0.642. The molecule has 1 aliphatic rings. The van der Waals surface area contributed by atoms with Gasteiger partial charge in [-0.25, -0.2) is 0 Å². The average Bonchev–Trinajstić information content (AvgIpc) is 2.06. The molecule has 1 unspecified atom stereocenters. The average molecular weight is 145 g/mol. The van der Waals surface area contributed by atoms with E-state index in [0.29, 0.717) is 5.92 Å². The van der Waals surface area contributed by atoms with E-state index < -0.39 is 0 Å². The molecule has 0 saturated carbocycles. The van der Waals surface area contributed by atoms with Crippen molar-refractivity contribution >= 4 is 6.08 Å². The van der Waals surface area contributed by atoms with Gasteiger partial charge < -0.3 is 0 Å². The molecule has 1 atom stereocenters. The van der Waals surface area contributed by atoms with Gasteiger partial charge in [-0.05, 0) is 30.0 Å². The summed E-state index contributed by atoms with van der Waals surface area (Å²) in [4.78, 5) is 4.28. The second kappa shape index (κ2) is 2.50. The number of aromatic nitrogens is 1. The topological polar surface area (TPSA) is 12.9 Å². The predicted molar refractivity (Wildman–Crippen MR) is 46.3 cm³/mol. The molecule has 0 aromatic carbocycles. The molecule has 1 heterocycles. The molecule has 0 saturated heterocycles. The van der Waals surface area contributed by atoms with Gasteiger partial charge in [-0.15, -0.1) is 0 Å². The monoisotopic (exact) mass is 145 g/mol. The molecule has 1 heteroatoms. The van der Waals surface area contributed by atoms with Crippen LogP contribution in [0.4, 0.5) is 0 Å². The van der Waals surface area contributed by atoms with Crippen LogP contribution in [0.3, 0.4) is 0 Å². The fraction of sp³-hybridized carbons (Fsp3) is 0.300. The maximum Gasteiger partial charge on any atom is 0.0661 e. The first-order valence-corrected chi connectivity index (χ1v) is 3.99. The van der Waals surface area contributed by atoms with Crippen LogP contribution in [0, 0.1) is 0 Å². The minimum Gasteiger partial charge on any atom is -0.257 e. The highest BCUT2D eigenvalue weighted by atomic mass is 14.7. The van der Waals surface area contributed by atoms with Crippen LogP contribution < -0.4 is 0 Å². The highest BCUT2D eigenvalue weighted by Gasteiger charge is 2.11. The third-order valence-electron chi connectivity index (χ3n) is 2.17. The lowest BCUT2D eigenvalue weighted by Crippen LogP contribution is -2.00. The van der Waals surface area contributed by atoms with Crippen LogP contribution in [0.5, 0.6) is 0 Å². The first-order chi connectivity index (χ1) is 5.38. The van der Waals surface area contributed by atoms with E-state index in [2.05, 4.69) is 30.1 Å². The van der Waals surface area contributed by atoms with E-state index in [0.717, 1.165) is 12.1 Å².